The summed E-state index contributed by atoms with van der Waals surface area (Å²) >= 11 is 0. The minimum Gasteiger partial charge on any atom is -0.350 e. The zero-order valence-electron chi connectivity index (χ0n) is 12.3. The highest BCUT2D eigenvalue weighted by Crippen LogP contribution is 2.24. The first-order chi connectivity index (χ1) is 10.6. The number of rotatable bonds is 2. The summed E-state index contributed by atoms with van der Waals surface area (Å²) in [5.74, 6) is 0.543. The van der Waals surface area contributed by atoms with Crippen molar-refractivity contribution in [3.05, 3.63) is 41.5 Å². The average Bonchev–Trinajstić information content (AvgIpc) is 2.53. The minimum atomic E-state index is -0.419. The van der Waals surface area contributed by atoms with Crippen molar-refractivity contribution in [2.75, 3.05) is 24.5 Å². The summed E-state index contributed by atoms with van der Waals surface area (Å²) in [7, 11) is 0. The molecule has 0 saturated carbocycles. The smallest absolute Gasteiger partial charge is 0.348 e. The molecule has 0 aliphatic carbocycles. The first kappa shape index (κ1) is 14.2. The molecule has 0 bridgehead atoms. The Balaban J connectivity index is 1.97. The average molecular weight is 299 g/mol. The van der Waals surface area contributed by atoms with Crippen LogP contribution >= 0.6 is 0 Å². The number of amides is 1. The molecule has 0 aromatic carbocycles. The summed E-state index contributed by atoms with van der Waals surface area (Å²) in [6.07, 6.45) is 2.96. The molecule has 22 heavy (non-hydrogen) atoms. The minimum absolute atomic E-state index is 0.0513. The van der Waals surface area contributed by atoms with Gasteiger partial charge < -0.3 is 9.80 Å². The maximum absolute atomic E-state index is 11.8. The van der Waals surface area contributed by atoms with Crippen LogP contribution in [0.25, 0.3) is 11.0 Å². The fourth-order valence-electron chi connectivity index (χ4n) is 2.79. The SMILES string of the molecule is C=CC(=O)N1CCN(c2nc(=O)[nH]c3ncccc23)[C@@H](C)C1. The third kappa shape index (κ3) is 2.45. The van der Waals surface area contributed by atoms with Gasteiger partial charge in [-0.15, -0.1) is 0 Å². The summed E-state index contributed by atoms with van der Waals surface area (Å²) in [5.41, 5.74) is 0.104. The molecule has 0 unspecified atom stereocenters. The van der Waals surface area contributed by atoms with Crippen LogP contribution < -0.4 is 10.6 Å². The zero-order valence-corrected chi connectivity index (χ0v) is 12.3. The standard InChI is InChI=1S/C15H17N5O2/c1-3-12(21)19-7-8-20(10(2)9-19)14-11-5-4-6-16-13(11)17-15(22)18-14/h3-6,10H,1,7-9H2,2H3,(H,16,17,18,22)/t10-/m0/s1. The van der Waals surface area contributed by atoms with Crippen LogP contribution in [0.3, 0.4) is 0 Å². The summed E-state index contributed by atoms with van der Waals surface area (Å²) in [4.78, 5) is 38.2. The van der Waals surface area contributed by atoms with Gasteiger partial charge in [0.15, 0.2) is 0 Å². The summed E-state index contributed by atoms with van der Waals surface area (Å²) in [5, 5.41) is 0.803. The van der Waals surface area contributed by atoms with Crippen LogP contribution in [0.4, 0.5) is 5.82 Å². The van der Waals surface area contributed by atoms with Gasteiger partial charge in [0.25, 0.3) is 0 Å². The Morgan fingerprint density at radius 1 is 1.50 bits per heavy atom. The van der Waals surface area contributed by atoms with E-state index in [1.807, 2.05) is 24.0 Å². The van der Waals surface area contributed by atoms with Gasteiger partial charge >= 0.3 is 5.69 Å². The van der Waals surface area contributed by atoms with Crippen molar-refractivity contribution in [3.8, 4) is 0 Å². The topological polar surface area (TPSA) is 82.2 Å². The lowest BCUT2D eigenvalue weighted by Crippen LogP contribution is -2.54. The molecule has 1 amide bonds. The lowest BCUT2D eigenvalue weighted by atomic mass is 10.1. The van der Waals surface area contributed by atoms with Gasteiger partial charge in [0.05, 0.1) is 5.39 Å². The lowest BCUT2D eigenvalue weighted by Gasteiger charge is -2.40. The predicted molar refractivity (Wildman–Crippen MR) is 83.7 cm³/mol. The second-order valence-corrected chi connectivity index (χ2v) is 5.30. The molecule has 1 saturated heterocycles. The lowest BCUT2D eigenvalue weighted by molar-refractivity contribution is -0.126. The quantitative estimate of drug-likeness (QED) is 0.819. The maximum Gasteiger partial charge on any atom is 0.348 e. The van der Waals surface area contributed by atoms with E-state index in [2.05, 4.69) is 21.5 Å². The van der Waals surface area contributed by atoms with Gasteiger partial charge in [-0.25, -0.2) is 9.78 Å². The molecular formula is C15H17N5O2. The van der Waals surface area contributed by atoms with Gasteiger partial charge in [0.2, 0.25) is 5.91 Å². The third-order valence-electron chi connectivity index (χ3n) is 3.87. The second-order valence-electron chi connectivity index (χ2n) is 5.30. The number of anilines is 1. The highest BCUT2D eigenvalue weighted by molar-refractivity contribution is 5.88. The van der Waals surface area contributed by atoms with E-state index in [0.29, 0.717) is 31.1 Å². The van der Waals surface area contributed by atoms with Gasteiger partial charge in [0, 0.05) is 31.9 Å². The molecule has 1 N–H and O–H groups in total. The molecular weight excluding hydrogens is 282 g/mol. The number of carbonyl (C=O) groups excluding carboxylic acids is 1. The highest BCUT2D eigenvalue weighted by Gasteiger charge is 2.27. The number of nitrogens with one attached hydrogen (secondary N) is 1. The molecule has 1 atom stereocenters. The van der Waals surface area contributed by atoms with Crippen LogP contribution in [-0.2, 0) is 4.79 Å². The van der Waals surface area contributed by atoms with E-state index in [4.69, 9.17) is 0 Å². The van der Waals surface area contributed by atoms with E-state index in [1.165, 1.54) is 6.08 Å². The first-order valence-corrected chi connectivity index (χ1v) is 7.13. The largest absolute Gasteiger partial charge is 0.350 e. The summed E-state index contributed by atoms with van der Waals surface area (Å²) in [6, 6.07) is 3.75. The highest BCUT2D eigenvalue weighted by atomic mass is 16.2. The number of hydrogen-bond donors (Lipinski definition) is 1. The van der Waals surface area contributed by atoms with Crippen molar-refractivity contribution in [2.24, 2.45) is 0 Å². The predicted octanol–water partition coefficient (Wildman–Crippen LogP) is 0.541. The van der Waals surface area contributed by atoms with E-state index in [1.54, 1.807) is 11.1 Å². The van der Waals surface area contributed by atoms with E-state index in [9.17, 15) is 9.59 Å². The number of aromatic nitrogens is 3. The van der Waals surface area contributed by atoms with Crippen molar-refractivity contribution < 1.29 is 4.79 Å². The van der Waals surface area contributed by atoms with Crippen LogP contribution in [-0.4, -0.2) is 51.4 Å². The molecule has 3 heterocycles. The number of hydrogen-bond acceptors (Lipinski definition) is 5. The summed E-state index contributed by atoms with van der Waals surface area (Å²) < 4.78 is 0. The van der Waals surface area contributed by atoms with Crippen LogP contribution in [0, 0.1) is 0 Å². The molecule has 3 rings (SSSR count). The number of H-pyrrole nitrogens is 1. The van der Waals surface area contributed by atoms with Crippen molar-refractivity contribution in [1.29, 1.82) is 0 Å². The van der Waals surface area contributed by atoms with Gasteiger partial charge in [-0.3, -0.25) is 9.78 Å². The molecule has 1 aliphatic rings. The van der Waals surface area contributed by atoms with Crippen molar-refractivity contribution >= 4 is 22.8 Å². The number of nitrogens with zero attached hydrogens (tertiary/aromatic N) is 4. The van der Waals surface area contributed by atoms with Gasteiger partial charge in [-0.2, -0.15) is 4.98 Å². The van der Waals surface area contributed by atoms with Crippen LogP contribution in [0.15, 0.2) is 35.8 Å². The third-order valence-corrected chi connectivity index (χ3v) is 3.87. The van der Waals surface area contributed by atoms with E-state index < -0.39 is 5.69 Å². The Labute approximate surface area is 127 Å². The van der Waals surface area contributed by atoms with Crippen molar-refractivity contribution in [3.63, 3.8) is 0 Å². The monoisotopic (exact) mass is 299 g/mol. The van der Waals surface area contributed by atoms with Gasteiger partial charge in [-0.05, 0) is 25.1 Å². The number of piperazine rings is 1. The Morgan fingerprint density at radius 3 is 3.05 bits per heavy atom. The molecule has 114 valence electrons. The number of aromatic amines is 1. The van der Waals surface area contributed by atoms with Crippen LogP contribution in [0.5, 0.6) is 0 Å². The molecule has 1 fully saturated rings. The zero-order chi connectivity index (χ0) is 15.7. The van der Waals surface area contributed by atoms with Gasteiger partial charge in [0.1, 0.15) is 11.5 Å². The fraction of sp³-hybridized carbons (Fsp3) is 0.333. The Hall–Kier alpha value is -2.70. The maximum atomic E-state index is 11.8. The van der Waals surface area contributed by atoms with Crippen LogP contribution in [0.1, 0.15) is 6.92 Å². The first-order valence-electron chi connectivity index (χ1n) is 7.13. The molecule has 7 heteroatoms. The van der Waals surface area contributed by atoms with Gasteiger partial charge in [-0.1, -0.05) is 6.58 Å². The second kappa shape index (κ2) is 5.59. The molecule has 2 aromatic heterocycles. The van der Waals surface area contributed by atoms with Crippen molar-refractivity contribution in [1.82, 2.24) is 19.9 Å². The molecule has 0 spiro atoms. The van der Waals surface area contributed by atoms with Crippen molar-refractivity contribution in [2.45, 2.75) is 13.0 Å². The Kier molecular flexibility index (Phi) is 3.62. The number of fused-ring (bicyclic) bond motifs is 1. The van der Waals surface area contributed by atoms with E-state index in [-0.39, 0.29) is 11.9 Å². The van der Waals surface area contributed by atoms with E-state index >= 15 is 0 Å². The summed E-state index contributed by atoms with van der Waals surface area (Å²) in [6.45, 7) is 7.28. The molecule has 2 aromatic rings. The van der Waals surface area contributed by atoms with E-state index in [0.717, 1.165) is 5.39 Å². The normalized spacial score (nSPS) is 18.5. The molecule has 0 radical (unpaired) electrons. The number of carbonyl (C=O) groups is 1. The van der Waals surface area contributed by atoms with Crippen LogP contribution in [0.2, 0.25) is 0 Å². The Morgan fingerprint density at radius 2 is 2.32 bits per heavy atom. The Bertz CT molecular complexity index is 785. The fourth-order valence-corrected chi connectivity index (χ4v) is 2.79. The molecule has 7 nitrogen and oxygen atoms in total. The molecule has 1 aliphatic heterocycles. The number of pyridine rings is 1.